The molecule has 0 aromatic carbocycles. The van der Waals surface area contributed by atoms with Crippen LogP contribution in [0.15, 0.2) is 0 Å². The van der Waals surface area contributed by atoms with E-state index in [-0.39, 0.29) is 11.4 Å². The van der Waals surface area contributed by atoms with Gasteiger partial charge in [-0.25, -0.2) is 0 Å². The summed E-state index contributed by atoms with van der Waals surface area (Å²) in [5.74, 6) is 0. The van der Waals surface area contributed by atoms with Gasteiger partial charge >= 0.3 is 0 Å². The highest BCUT2D eigenvalue weighted by Gasteiger charge is 2.70. The summed E-state index contributed by atoms with van der Waals surface area (Å²) in [6, 6.07) is 0. The van der Waals surface area contributed by atoms with Crippen LogP contribution >= 0.6 is 175 Å². The van der Waals surface area contributed by atoms with Crippen molar-refractivity contribution in [1.29, 1.82) is 0 Å². The third-order valence-corrected chi connectivity index (χ3v) is 25.0. The second-order valence-electron chi connectivity index (χ2n) is 4.46. The summed E-state index contributed by atoms with van der Waals surface area (Å²) in [7, 11) is 0. The number of hydrogen-bond donors (Lipinski definition) is 1. The minimum absolute atomic E-state index is 0.100. The number of halogens is 11. The van der Waals surface area contributed by atoms with E-state index < -0.39 is 16.2 Å². The van der Waals surface area contributed by atoms with Crippen LogP contribution in [0, 0.1) is 0 Å². The molecule has 0 saturated heterocycles. The average molecular weight is 1030 g/mol. The molecule has 1 unspecified atom stereocenters. The average Bonchev–Trinajstić information content (AvgIpc) is 2.37. The van der Waals surface area contributed by atoms with E-state index in [1.807, 2.05) is 0 Å². The molecule has 22 heavy (non-hydrogen) atoms. The second kappa shape index (κ2) is 9.83. The maximum absolute atomic E-state index is 9.70. The van der Waals surface area contributed by atoms with Crippen molar-refractivity contribution in [2.45, 2.75) is 40.8 Å². The van der Waals surface area contributed by atoms with Crippen molar-refractivity contribution in [3.8, 4) is 0 Å². The first-order chi connectivity index (χ1) is 9.54. The largest absolute Gasteiger partial charge is 0.394 e. The number of rotatable bonds is 8. The zero-order valence-electron chi connectivity index (χ0n) is 10.8. The first kappa shape index (κ1) is 27.2. The fourth-order valence-corrected chi connectivity index (χ4v) is 10.9. The van der Waals surface area contributed by atoms with Crippen molar-refractivity contribution in [3.63, 3.8) is 0 Å². The van der Waals surface area contributed by atoms with Gasteiger partial charge in [-0.05, 0) is 6.42 Å². The highest BCUT2D eigenvalue weighted by molar-refractivity contribution is 9.35. The van der Waals surface area contributed by atoms with Crippen molar-refractivity contribution in [2.75, 3.05) is 6.61 Å². The Hall–Kier alpha value is 5.24. The lowest BCUT2D eigenvalue weighted by molar-refractivity contribution is 0.282. The van der Waals surface area contributed by atoms with Crippen molar-refractivity contribution in [3.05, 3.63) is 0 Å². The predicted molar refractivity (Wildman–Crippen MR) is 138 cm³/mol. The standard InChI is InChI=1S/C10H11Br11O/c1-2-3-5(11)7(14,15)9(18,19)10(20,21)8(16,17)6(12,13)4-22/h5,22H,2-4H2,1H3. The zero-order chi connectivity index (χ0) is 18.2. The molecule has 134 valence electrons. The van der Waals surface area contributed by atoms with Gasteiger partial charge in [0.15, 0.2) is 0 Å². The van der Waals surface area contributed by atoms with Gasteiger partial charge < -0.3 is 5.11 Å². The van der Waals surface area contributed by atoms with E-state index in [9.17, 15) is 5.11 Å². The molecule has 0 heterocycles. The Morgan fingerprint density at radius 1 is 0.773 bits per heavy atom. The van der Waals surface area contributed by atoms with Gasteiger partial charge in [0.2, 0.25) is 0 Å². The van der Waals surface area contributed by atoms with E-state index in [0.29, 0.717) is 0 Å². The summed E-state index contributed by atoms with van der Waals surface area (Å²) < 4.78 is -3.93. The Balaban J connectivity index is 5.95. The van der Waals surface area contributed by atoms with Crippen LogP contribution in [0.25, 0.3) is 0 Å². The van der Waals surface area contributed by atoms with E-state index in [4.69, 9.17) is 0 Å². The lowest BCUT2D eigenvalue weighted by Crippen LogP contribution is -2.63. The molecule has 0 spiro atoms. The molecule has 0 aromatic rings. The van der Waals surface area contributed by atoms with Gasteiger partial charge in [-0.15, -0.1) is 0 Å². The third-order valence-electron chi connectivity index (χ3n) is 2.80. The SMILES string of the molecule is CCCC(Br)C(Br)(Br)C(Br)(Br)C(Br)(Br)C(Br)(Br)C(Br)(Br)CO. The molecule has 1 nitrogen and oxygen atoms in total. The van der Waals surface area contributed by atoms with Crippen LogP contribution in [0.1, 0.15) is 19.8 Å². The van der Waals surface area contributed by atoms with Crippen LogP contribution < -0.4 is 0 Å². The van der Waals surface area contributed by atoms with Crippen molar-refractivity contribution >= 4 is 175 Å². The normalized spacial score (nSPS) is 16.8. The molecule has 0 rings (SSSR count). The van der Waals surface area contributed by atoms with Gasteiger partial charge in [-0.3, -0.25) is 0 Å². The maximum atomic E-state index is 9.70. The fraction of sp³-hybridized carbons (Fsp3) is 1.00. The number of aliphatic hydroxyl groups is 1. The van der Waals surface area contributed by atoms with Crippen molar-refractivity contribution < 1.29 is 5.11 Å². The molecular weight excluding hydrogens is 1020 g/mol. The van der Waals surface area contributed by atoms with Gasteiger partial charge in [0.05, 0.1) is 6.61 Å². The van der Waals surface area contributed by atoms with Crippen LogP contribution in [0.3, 0.4) is 0 Å². The molecule has 0 bridgehead atoms. The molecule has 1 atom stereocenters. The molecule has 0 radical (unpaired) electrons. The Morgan fingerprint density at radius 2 is 1.18 bits per heavy atom. The number of alkyl halides is 11. The molecule has 0 aliphatic rings. The Morgan fingerprint density at radius 3 is 1.50 bits per heavy atom. The van der Waals surface area contributed by atoms with Crippen LogP contribution in [0.2, 0.25) is 0 Å². The molecule has 0 saturated carbocycles. The monoisotopic (exact) mass is 1020 g/mol. The molecule has 0 aromatic heterocycles. The first-order valence-corrected chi connectivity index (χ1v) is 14.5. The molecule has 0 aliphatic heterocycles. The smallest absolute Gasteiger partial charge is 0.135 e. The summed E-state index contributed by atoms with van der Waals surface area (Å²) in [5, 5.41) is 9.70. The van der Waals surface area contributed by atoms with Gasteiger partial charge in [0, 0.05) is 4.83 Å². The number of aliphatic hydroxyl groups excluding tert-OH is 1. The van der Waals surface area contributed by atoms with E-state index >= 15 is 0 Å². The summed E-state index contributed by atoms with van der Waals surface area (Å²) >= 11 is 40.6. The lowest BCUT2D eigenvalue weighted by atomic mass is 10.1. The molecule has 0 amide bonds. The molecule has 0 aliphatic carbocycles. The fourth-order valence-electron chi connectivity index (χ4n) is 1.37. The van der Waals surface area contributed by atoms with Crippen LogP contribution in [0.5, 0.6) is 0 Å². The molecule has 1 N–H and O–H groups in total. The predicted octanol–water partition coefficient (Wildman–Crippen LogP) is 8.97. The highest BCUT2D eigenvalue weighted by atomic mass is 79.9. The highest BCUT2D eigenvalue weighted by Crippen LogP contribution is 2.71. The number of hydrogen-bond acceptors (Lipinski definition) is 1. The second-order valence-corrected chi connectivity index (χ2v) is 23.2. The molecule has 12 heteroatoms. The van der Waals surface area contributed by atoms with E-state index in [1.54, 1.807) is 0 Å². The summed E-state index contributed by atoms with van der Waals surface area (Å²) in [6.07, 6.45) is 1.96. The third kappa shape index (κ3) is 5.23. The van der Waals surface area contributed by atoms with E-state index in [0.717, 1.165) is 12.8 Å². The van der Waals surface area contributed by atoms with E-state index in [1.165, 1.54) is 0 Å². The minimum Gasteiger partial charge on any atom is -0.394 e. The quantitative estimate of drug-likeness (QED) is 0.241. The summed E-state index contributed by atoms with van der Waals surface area (Å²) in [5.41, 5.74) is 0. The van der Waals surface area contributed by atoms with E-state index in [2.05, 4.69) is 182 Å². The lowest BCUT2D eigenvalue weighted by Gasteiger charge is -2.53. The summed E-state index contributed by atoms with van der Waals surface area (Å²) in [4.78, 5) is 0.100. The van der Waals surface area contributed by atoms with Crippen LogP contribution in [-0.4, -0.2) is 32.7 Å². The maximum Gasteiger partial charge on any atom is 0.135 e. The van der Waals surface area contributed by atoms with Crippen LogP contribution in [-0.2, 0) is 0 Å². The van der Waals surface area contributed by atoms with Gasteiger partial charge in [0.1, 0.15) is 16.2 Å². The summed E-state index contributed by atoms with van der Waals surface area (Å²) in [6.45, 7) is 1.94. The molecular formula is C10H11Br11O. The van der Waals surface area contributed by atoms with Gasteiger partial charge in [0.25, 0.3) is 0 Å². The zero-order valence-corrected chi connectivity index (χ0v) is 28.2. The van der Waals surface area contributed by atoms with Gasteiger partial charge in [-0.2, -0.15) is 0 Å². The van der Waals surface area contributed by atoms with Gasteiger partial charge in [-0.1, -0.05) is 189 Å². The topological polar surface area (TPSA) is 20.2 Å². The first-order valence-electron chi connectivity index (χ1n) is 5.68. The minimum atomic E-state index is -0.868. The van der Waals surface area contributed by atoms with Crippen molar-refractivity contribution in [2.24, 2.45) is 0 Å². The Labute approximate surface area is 223 Å². The molecule has 0 fully saturated rings. The Bertz CT molecular complexity index is 379. The Kier molecular flexibility index (Phi) is 12.2. The van der Waals surface area contributed by atoms with Crippen LogP contribution in [0.4, 0.5) is 0 Å². The van der Waals surface area contributed by atoms with Crippen molar-refractivity contribution in [1.82, 2.24) is 0 Å².